The van der Waals surface area contributed by atoms with E-state index in [1.165, 1.54) is 38.5 Å². The summed E-state index contributed by atoms with van der Waals surface area (Å²) in [6, 6.07) is 0.164. The van der Waals surface area contributed by atoms with E-state index in [0.717, 1.165) is 24.9 Å². The number of fused-ring (bicyclic) bond motifs is 3. The summed E-state index contributed by atoms with van der Waals surface area (Å²) in [6.07, 6.45) is 7.80. The minimum atomic E-state index is 0.164. The largest absolute Gasteiger partial charge is 0.342 e. The maximum absolute atomic E-state index is 12.7. The van der Waals surface area contributed by atoms with Crippen molar-refractivity contribution in [1.82, 2.24) is 4.90 Å². The number of hydrogen-bond acceptors (Lipinski definition) is 2. The van der Waals surface area contributed by atoms with Gasteiger partial charge in [0.25, 0.3) is 0 Å². The van der Waals surface area contributed by atoms with E-state index >= 15 is 0 Å². The molecule has 3 saturated carbocycles. The molecule has 2 N–H and O–H groups in total. The molecule has 3 aliphatic carbocycles. The second kappa shape index (κ2) is 3.96. The zero-order valence-electron chi connectivity index (χ0n) is 11.1. The van der Waals surface area contributed by atoms with Gasteiger partial charge in [-0.1, -0.05) is 6.42 Å². The molecule has 3 heteroatoms. The van der Waals surface area contributed by atoms with Gasteiger partial charge >= 0.3 is 0 Å². The summed E-state index contributed by atoms with van der Waals surface area (Å²) in [5.74, 6) is 3.45. The van der Waals surface area contributed by atoms with Crippen molar-refractivity contribution in [1.29, 1.82) is 0 Å². The molecule has 100 valence electrons. The minimum absolute atomic E-state index is 0.164. The Labute approximate surface area is 109 Å². The van der Waals surface area contributed by atoms with E-state index in [4.69, 9.17) is 5.73 Å². The van der Waals surface area contributed by atoms with Gasteiger partial charge in [-0.15, -0.1) is 0 Å². The molecule has 4 fully saturated rings. The monoisotopic (exact) mass is 248 g/mol. The summed E-state index contributed by atoms with van der Waals surface area (Å²) in [5.41, 5.74) is 6.30. The topological polar surface area (TPSA) is 46.3 Å². The predicted molar refractivity (Wildman–Crippen MR) is 69.7 cm³/mol. The maximum Gasteiger partial charge on any atom is 0.227 e. The first-order valence-corrected chi connectivity index (χ1v) is 7.78. The molecule has 0 aromatic heterocycles. The van der Waals surface area contributed by atoms with Crippen LogP contribution in [0.3, 0.4) is 0 Å². The fourth-order valence-corrected chi connectivity index (χ4v) is 5.33. The number of nitrogens with zero attached hydrogens (tertiary/aromatic N) is 1. The Balaban J connectivity index is 1.48. The summed E-state index contributed by atoms with van der Waals surface area (Å²) < 4.78 is 0. The number of hydrogen-bond donors (Lipinski definition) is 1. The predicted octanol–water partition coefficient (Wildman–Crippen LogP) is 1.62. The first kappa shape index (κ1) is 11.3. The second-order valence-corrected chi connectivity index (χ2v) is 7.13. The molecule has 18 heavy (non-hydrogen) atoms. The molecule has 0 spiro atoms. The molecular formula is C15H24N2O. The standard InChI is InChI=1S/C15H24N2O/c16-14-10-5-4-9(6-10)13(14)15(18)17-7-11-2-1-3-12(11)8-17/h9-14H,1-8,16H2. The van der Waals surface area contributed by atoms with Crippen molar-refractivity contribution in [2.75, 3.05) is 13.1 Å². The SMILES string of the molecule is NC1C2CCC(C2)C1C(=O)N1CC2CCCC2C1. The van der Waals surface area contributed by atoms with Crippen LogP contribution >= 0.6 is 0 Å². The number of carbonyl (C=O) groups excluding carboxylic acids is 1. The molecule has 0 radical (unpaired) electrons. The molecule has 1 saturated heterocycles. The Morgan fingerprint density at radius 2 is 1.61 bits per heavy atom. The van der Waals surface area contributed by atoms with Gasteiger partial charge < -0.3 is 10.6 Å². The van der Waals surface area contributed by atoms with Crippen LogP contribution in [-0.4, -0.2) is 29.9 Å². The van der Waals surface area contributed by atoms with Crippen molar-refractivity contribution < 1.29 is 4.79 Å². The number of rotatable bonds is 1. The summed E-state index contributed by atoms with van der Waals surface area (Å²) in [7, 11) is 0. The fraction of sp³-hybridized carbons (Fsp3) is 0.933. The van der Waals surface area contributed by atoms with Gasteiger partial charge in [0.05, 0.1) is 5.92 Å². The summed E-state index contributed by atoms with van der Waals surface area (Å²) in [6.45, 7) is 2.06. The third-order valence-corrected chi connectivity index (χ3v) is 6.30. The smallest absolute Gasteiger partial charge is 0.227 e. The molecule has 6 unspecified atom stereocenters. The molecule has 4 aliphatic rings. The third-order valence-electron chi connectivity index (χ3n) is 6.30. The Bertz CT molecular complexity index is 356. The molecule has 2 bridgehead atoms. The zero-order chi connectivity index (χ0) is 12.3. The minimum Gasteiger partial charge on any atom is -0.342 e. The van der Waals surface area contributed by atoms with Crippen molar-refractivity contribution in [2.24, 2.45) is 35.3 Å². The molecule has 4 rings (SSSR count). The highest BCUT2D eigenvalue weighted by atomic mass is 16.2. The van der Waals surface area contributed by atoms with Crippen LogP contribution in [0.2, 0.25) is 0 Å². The van der Waals surface area contributed by atoms with E-state index in [1.807, 2.05) is 0 Å². The van der Waals surface area contributed by atoms with Crippen LogP contribution in [0.15, 0.2) is 0 Å². The maximum atomic E-state index is 12.7. The molecule has 1 amide bonds. The molecule has 6 atom stereocenters. The summed E-state index contributed by atoms with van der Waals surface area (Å²) in [4.78, 5) is 14.9. The lowest BCUT2D eigenvalue weighted by Crippen LogP contribution is -2.46. The molecular weight excluding hydrogens is 224 g/mol. The fourth-order valence-electron chi connectivity index (χ4n) is 5.33. The van der Waals surface area contributed by atoms with E-state index in [9.17, 15) is 4.79 Å². The molecule has 0 aromatic rings. The summed E-state index contributed by atoms with van der Waals surface area (Å²) in [5, 5.41) is 0. The summed E-state index contributed by atoms with van der Waals surface area (Å²) >= 11 is 0. The quantitative estimate of drug-likeness (QED) is 0.766. The molecule has 1 heterocycles. The van der Waals surface area contributed by atoms with Gasteiger partial charge in [0.15, 0.2) is 0 Å². The van der Waals surface area contributed by atoms with Crippen molar-refractivity contribution in [3.05, 3.63) is 0 Å². The van der Waals surface area contributed by atoms with Crippen LogP contribution in [0.5, 0.6) is 0 Å². The van der Waals surface area contributed by atoms with Crippen molar-refractivity contribution in [3.63, 3.8) is 0 Å². The number of amides is 1. The third kappa shape index (κ3) is 1.49. The Morgan fingerprint density at radius 3 is 2.22 bits per heavy atom. The lowest BCUT2D eigenvalue weighted by molar-refractivity contribution is -0.137. The Hall–Kier alpha value is -0.570. The molecule has 3 nitrogen and oxygen atoms in total. The number of carbonyl (C=O) groups is 1. The van der Waals surface area contributed by atoms with Crippen molar-refractivity contribution in [2.45, 2.75) is 44.6 Å². The van der Waals surface area contributed by atoms with Crippen molar-refractivity contribution >= 4 is 5.91 Å². The van der Waals surface area contributed by atoms with Crippen molar-refractivity contribution in [3.8, 4) is 0 Å². The van der Waals surface area contributed by atoms with Crippen LogP contribution in [0.1, 0.15) is 38.5 Å². The zero-order valence-corrected chi connectivity index (χ0v) is 11.1. The lowest BCUT2D eigenvalue weighted by atomic mass is 9.84. The number of likely N-dealkylation sites (tertiary alicyclic amines) is 1. The van der Waals surface area contributed by atoms with Crippen LogP contribution in [0, 0.1) is 29.6 Å². The van der Waals surface area contributed by atoms with Gasteiger partial charge in [-0.3, -0.25) is 4.79 Å². The van der Waals surface area contributed by atoms with Gasteiger partial charge in [0.1, 0.15) is 0 Å². The Kier molecular flexibility index (Phi) is 2.48. The average Bonchev–Trinajstić information content (AvgIpc) is 3.07. The second-order valence-electron chi connectivity index (χ2n) is 7.13. The van der Waals surface area contributed by atoms with E-state index < -0.39 is 0 Å². The lowest BCUT2D eigenvalue weighted by Gasteiger charge is -2.31. The first-order chi connectivity index (χ1) is 8.74. The average molecular weight is 248 g/mol. The highest BCUT2D eigenvalue weighted by Gasteiger charge is 2.51. The van der Waals surface area contributed by atoms with E-state index in [2.05, 4.69) is 4.90 Å². The van der Waals surface area contributed by atoms with E-state index in [-0.39, 0.29) is 12.0 Å². The van der Waals surface area contributed by atoms with E-state index in [0.29, 0.717) is 17.7 Å². The van der Waals surface area contributed by atoms with Gasteiger partial charge in [-0.25, -0.2) is 0 Å². The van der Waals surface area contributed by atoms with Gasteiger partial charge in [-0.05, 0) is 55.8 Å². The van der Waals surface area contributed by atoms with Gasteiger partial charge in [0, 0.05) is 19.1 Å². The van der Waals surface area contributed by atoms with Crippen LogP contribution in [0.25, 0.3) is 0 Å². The highest BCUT2D eigenvalue weighted by molar-refractivity contribution is 5.81. The van der Waals surface area contributed by atoms with Crippen LogP contribution in [0.4, 0.5) is 0 Å². The first-order valence-electron chi connectivity index (χ1n) is 7.78. The van der Waals surface area contributed by atoms with Gasteiger partial charge in [-0.2, -0.15) is 0 Å². The van der Waals surface area contributed by atoms with Crippen LogP contribution in [-0.2, 0) is 4.79 Å². The number of nitrogens with two attached hydrogens (primary N) is 1. The van der Waals surface area contributed by atoms with Gasteiger partial charge in [0.2, 0.25) is 5.91 Å². The normalized spacial score (nSPS) is 49.9. The molecule has 0 aromatic carbocycles. The Morgan fingerprint density at radius 1 is 0.944 bits per heavy atom. The van der Waals surface area contributed by atoms with Crippen LogP contribution < -0.4 is 5.73 Å². The van der Waals surface area contributed by atoms with E-state index in [1.54, 1.807) is 0 Å². The molecule has 1 aliphatic heterocycles. The highest BCUT2D eigenvalue weighted by Crippen LogP contribution is 2.49.